The lowest BCUT2D eigenvalue weighted by Gasteiger charge is -2.11. The summed E-state index contributed by atoms with van der Waals surface area (Å²) in [5.41, 5.74) is 1.65. The van der Waals surface area contributed by atoms with E-state index in [4.69, 9.17) is 0 Å². The maximum atomic E-state index is 13.2. The molecule has 0 radical (unpaired) electrons. The van der Waals surface area contributed by atoms with Gasteiger partial charge in [-0.3, -0.25) is 0 Å². The molecule has 1 N–H and O–H groups in total. The van der Waals surface area contributed by atoms with Gasteiger partial charge in [-0.15, -0.1) is 0 Å². The Morgan fingerprint density at radius 1 is 1.25 bits per heavy atom. The zero-order valence-electron chi connectivity index (χ0n) is 11.4. The van der Waals surface area contributed by atoms with Crippen LogP contribution in [-0.4, -0.2) is 15.6 Å². The fraction of sp³-hybridized carbons (Fsp3) is 0.400. The second-order valence-electron chi connectivity index (χ2n) is 5.32. The van der Waals surface area contributed by atoms with Crippen molar-refractivity contribution in [1.29, 1.82) is 0 Å². The van der Waals surface area contributed by atoms with Crippen LogP contribution in [0.3, 0.4) is 0 Å². The Kier molecular flexibility index (Phi) is 3.53. The van der Waals surface area contributed by atoms with Gasteiger partial charge in [-0.05, 0) is 37.5 Å². The average Bonchev–Trinajstić information content (AvgIpc) is 3.14. The van der Waals surface area contributed by atoms with Crippen LogP contribution in [0, 0.1) is 18.6 Å². The molecule has 1 aromatic heterocycles. The molecule has 0 aliphatic heterocycles. The average molecular weight is 277 g/mol. The van der Waals surface area contributed by atoms with E-state index < -0.39 is 11.6 Å². The minimum Gasteiger partial charge on any atom is -0.327 e. The summed E-state index contributed by atoms with van der Waals surface area (Å²) in [4.78, 5) is 4.29. The molecule has 1 aliphatic rings. The van der Waals surface area contributed by atoms with E-state index >= 15 is 0 Å². The van der Waals surface area contributed by atoms with Crippen LogP contribution in [-0.2, 0) is 13.1 Å². The van der Waals surface area contributed by atoms with Crippen LogP contribution < -0.4 is 5.32 Å². The molecule has 1 heterocycles. The van der Waals surface area contributed by atoms with Gasteiger partial charge in [-0.25, -0.2) is 13.8 Å². The molecule has 0 unspecified atom stereocenters. The Labute approximate surface area is 116 Å². The molecule has 106 valence electrons. The molecule has 0 amide bonds. The molecule has 3 nitrogen and oxygen atoms in total. The quantitative estimate of drug-likeness (QED) is 0.910. The summed E-state index contributed by atoms with van der Waals surface area (Å²) in [5, 5.41) is 3.43. The van der Waals surface area contributed by atoms with Gasteiger partial charge >= 0.3 is 0 Å². The molecule has 1 aromatic carbocycles. The minimum atomic E-state index is -0.546. The zero-order valence-corrected chi connectivity index (χ0v) is 11.4. The number of hydrogen-bond acceptors (Lipinski definition) is 2. The number of rotatable bonds is 5. The Balaban J connectivity index is 1.79. The maximum absolute atomic E-state index is 13.2. The van der Waals surface area contributed by atoms with Crippen molar-refractivity contribution in [3.05, 3.63) is 53.1 Å². The van der Waals surface area contributed by atoms with Gasteiger partial charge in [0.2, 0.25) is 0 Å². The number of imidazole rings is 1. The van der Waals surface area contributed by atoms with Gasteiger partial charge in [0.25, 0.3) is 0 Å². The normalized spacial score (nSPS) is 14.8. The first-order chi connectivity index (χ1) is 9.61. The van der Waals surface area contributed by atoms with E-state index in [2.05, 4.69) is 10.3 Å². The van der Waals surface area contributed by atoms with Gasteiger partial charge in [-0.2, -0.15) is 0 Å². The van der Waals surface area contributed by atoms with Crippen LogP contribution in [0.25, 0.3) is 0 Å². The van der Waals surface area contributed by atoms with Crippen molar-refractivity contribution in [2.75, 3.05) is 0 Å². The Bertz CT molecular complexity index is 597. The summed E-state index contributed by atoms with van der Waals surface area (Å²) in [6, 6.07) is 4.23. The highest BCUT2D eigenvalue weighted by molar-refractivity contribution is 5.20. The summed E-state index contributed by atoms with van der Waals surface area (Å²) in [5.74, 6) is -0.242. The van der Waals surface area contributed by atoms with Crippen LogP contribution >= 0.6 is 0 Å². The molecular formula is C15H17F2N3. The van der Waals surface area contributed by atoms with Gasteiger partial charge < -0.3 is 9.88 Å². The molecule has 20 heavy (non-hydrogen) atoms. The third kappa shape index (κ3) is 3.04. The SMILES string of the molecule is Cc1ncc(CNC2CC2)n1Cc1cc(F)cc(F)c1. The second kappa shape index (κ2) is 5.32. The van der Waals surface area contributed by atoms with Crippen molar-refractivity contribution in [2.24, 2.45) is 0 Å². The first-order valence-corrected chi connectivity index (χ1v) is 6.81. The molecule has 1 fully saturated rings. The third-order valence-electron chi connectivity index (χ3n) is 3.55. The number of nitrogens with one attached hydrogen (secondary N) is 1. The van der Waals surface area contributed by atoms with Gasteiger partial charge in [-0.1, -0.05) is 0 Å². The Hall–Kier alpha value is -1.75. The topological polar surface area (TPSA) is 29.9 Å². The molecule has 0 atom stereocenters. The van der Waals surface area contributed by atoms with Gasteiger partial charge in [0.15, 0.2) is 0 Å². The highest BCUT2D eigenvalue weighted by Crippen LogP contribution is 2.20. The second-order valence-corrected chi connectivity index (χ2v) is 5.32. The van der Waals surface area contributed by atoms with Crippen LogP contribution in [0.15, 0.2) is 24.4 Å². The van der Waals surface area contributed by atoms with Gasteiger partial charge in [0.05, 0.1) is 5.69 Å². The van der Waals surface area contributed by atoms with Crippen molar-refractivity contribution >= 4 is 0 Å². The monoisotopic (exact) mass is 277 g/mol. The smallest absolute Gasteiger partial charge is 0.126 e. The molecule has 5 heteroatoms. The molecule has 1 saturated carbocycles. The summed E-state index contributed by atoms with van der Waals surface area (Å²) in [6.07, 6.45) is 4.27. The van der Waals surface area contributed by atoms with E-state index in [-0.39, 0.29) is 0 Å². The number of benzene rings is 1. The first kappa shape index (κ1) is 13.2. The lowest BCUT2D eigenvalue weighted by Crippen LogP contribution is -2.19. The van der Waals surface area contributed by atoms with E-state index in [1.54, 1.807) is 0 Å². The van der Waals surface area contributed by atoms with Gasteiger partial charge in [0.1, 0.15) is 17.5 Å². The van der Waals surface area contributed by atoms with E-state index in [1.807, 2.05) is 17.7 Å². The fourth-order valence-corrected chi connectivity index (χ4v) is 2.29. The van der Waals surface area contributed by atoms with E-state index in [0.717, 1.165) is 24.1 Å². The third-order valence-corrected chi connectivity index (χ3v) is 3.55. The lowest BCUT2D eigenvalue weighted by molar-refractivity contribution is 0.574. The highest BCUT2D eigenvalue weighted by Gasteiger charge is 2.21. The highest BCUT2D eigenvalue weighted by atomic mass is 19.1. The first-order valence-electron chi connectivity index (χ1n) is 6.81. The number of hydrogen-bond donors (Lipinski definition) is 1. The Morgan fingerprint density at radius 3 is 2.60 bits per heavy atom. The maximum Gasteiger partial charge on any atom is 0.126 e. The van der Waals surface area contributed by atoms with Crippen molar-refractivity contribution in [2.45, 2.75) is 38.9 Å². The van der Waals surface area contributed by atoms with E-state index in [0.29, 0.717) is 18.2 Å². The largest absolute Gasteiger partial charge is 0.327 e. The van der Waals surface area contributed by atoms with E-state index in [1.165, 1.54) is 25.0 Å². The van der Waals surface area contributed by atoms with Crippen LogP contribution in [0.5, 0.6) is 0 Å². The summed E-state index contributed by atoms with van der Waals surface area (Å²) in [6.45, 7) is 3.07. The number of halogens is 2. The van der Waals surface area contributed by atoms with Crippen molar-refractivity contribution in [3.63, 3.8) is 0 Å². The van der Waals surface area contributed by atoms with Crippen molar-refractivity contribution in [1.82, 2.24) is 14.9 Å². The van der Waals surface area contributed by atoms with Gasteiger partial charge in [0, 0.05) is 31.4 Å². The molecule has 1 aliphatic carbocycles. The Morgan fingerprint density at radius 2 is 1.95 bits per heavy atom. The summed E-state index contributed by atoms with van der Waals surface area (Å²) in [7, 11) is 0. The lowest BCUT2D eigenvalue weighted by atomic mass is 10.2. The number of aromatic nitrogens is 2. The molecular weight excluding hydrogens is 260 g/mol. The molecule has 2 aromatic rings. The summed E-state index contributed by atoms with van der Waals surface area (Å²) >= 11 is 0. The van der Waals surface area contributed by atoms with Crippen LogP contribution in [0.1, 0.15) is 29.9 Å². The van der Waals surface area contributed by atoms with E-state index in [9.17, 15) is 8.78 Å². The fourth-order valence-electron chi connectivity index (χ4n) is 2.29. The van der Waals surface area contributed by atoms with Crippen molar-refractivity contribution in [3.8, 4) is 0 Å². The predicted molar refractivity (Wildman–Crippen MR) is 72.3 cm³/mol. The molecule has 0 bridgehead atoms. The zero-order chi connectivity index (χ0) is 14.1. The van der Waals surface area contributed by atoms with Crippen LogP contribution in [0.2, 0.25) is 0 Å². The number of aryl methyl sites for hydroxylation is 1. The standard InChI is InChI=1S/C15H17F2N3/c1-10-18-7-15(8-19-14-2-3-14)20(10)9-11-4-12(16)6-13(17)5-11/h4-7,14,19H,2-3,8-9H2,1H3. The van der Waals surface area contributed by atoms with Crippen LogP contribution in [0.4, 0.5) is 8.78 Å². The number of nitrogens with zero attached hydrogens (tertiary/aromatic N) is 2. The molecule has 3 rings (SSSR count). The molecule has 0 spiro atoms. The molecule has 0 saturated heterocycles. The summed E-state index contributed by atoms with van der Waals surface area (Å²) < 4.78 is 28.5. The predicted octanol–water partition coefficient (Wildman–Crippen LogP) is 2.77. The minimum absolute atomic E-state index is 0.433. The van der Waals surface area contributed by atoms with Crippen molar-refractivity contribution < 1.29 is 8.78 Å².